The lowest BCUT2D eigenvalue weighted by molar-refractivity contribution is 0.0795. The van der Waals surface area contributed by atoms with Crippen molar-refractivity contribution in [3.8, 4) is 44.5 Å². The van der Waals surface area contributed by atoms with Crippen LogP contribution < -0.4 is 0 Å². The molecule has 7 rings (SSSR count). The highest BCUT2D eigenvalue weighted by Gasteiger charge is 2.28. The van der Waals surface area contributed by atoms with Gasteiger partial charge in [-0.3, -0.25) is 4.79 Å². The van der Waals surface area contributed by atoms with Crippen molar-refractivity contribution >= 4 is 16.7 Å². The first-order valence-corrected chi connectivity index (χ1v) is 14.4. The molecule has 0 N–H and O–H groups in total. The summed E-state index contributed by atoms with van der Waals surface area (Å²) in [5, 5.41) is 2.12. The molecule has 1 heterocycles. The number of hydrogen-bond donors (Lipinski definition) is 0. The molecule has 0 radical (unpaired) electrons. The van der Waals surface area contributed by atoms with Crippen molar-refractivity contribution in [1.82, 2.24) is 4.90 Å². The fourth-order valence-electron chi connectivity index (χ4n) is 6.39. The third kappa shape index (κ3) is 4.52. The number of likely N-dealkylation sites (tertiary alicyclic amines) is 1. The third-order valence-electron chi connectivity index (χ3n) is 8.21. The van der Waals surface area contributed by atoms with Crippen molar-refractivity contribution < 1.29 is 4.79 Å². The van der Waals surface area contributed by atoms with Gasteiger partial charge in [-0.25, -0.2) is 0 Å². The van der Waals surface area contributed by atoms with Gasteiger partial charge in [0.05, 0.1) is 0 Å². The molecule has 41 heavy (non-hydrogen) atoms. The summed E-state index contributed by atoms with van der Waals surface area (Å²) in [6, 6.07) is 48.9. The summed E-state index contributed by atoms with van der Waals surface area (Å²) in [5.41, 5.74) is 9.89. The topological polar surface area (TPSA) is 20.3 Å². The molecule has 0 spiro atoms. The van der Waals surface area contributed by atoms with Gasteiger partial charge >= 0.3 is 0 Å². The molecule has 6 aromatic rings. The van der Waals surface area contributed by atoms with E-state index in [1.54, 1.807) is 0 Å². The normalized spacial score (nSPS) is 13.0. The maximum absolute atomic E-state index is 14.2. The zero-order valence-electron chi connectivity index (χ0n) is 23.0. The number of carbonyl (C=O) groups is 1. The Hall–Kier alpha value is -4.95. The lowest BCUT2D eigenvalue weighted by Crippen LogP contribution is -2.27. The quantitative estimate of drug-likeness (QED) is 0.218. The molecule has 6 aromatic carbocycles. The van der Waals surface area contributed by atoms with Crippen molar-refractivity contribution in [3.63, 3.8) is 0 Å². The van der Waals surface area contributed by atoms with E-state index in [9.17, 15) is 4.79 Å². The van der Waals surface area contributed by atoms with Crippen LogP contribution in [0.5, 0.6) is 0 Å². The highest BCUT2D eigenvalue weighted by molar-refractivity contribution is 6.23. The van der Waals surface area contributed by atoms with Gasteiger partial charge < -0.3 is 4.90 Å². The van der Waals surface area contributed by atoms with E-state index in [2.05, 4.69) is 133 Å². The SMILES string of the molecule is O=C(c1cccc2c(-c3ccccc3)c(-c3ccccc3)c(-c3ccccc3)c(-c3ccccc3)c12)N1CCCC1. The molecule has 198 valence electrons. The second kappa shape index (κ2) is 10.9. The Morgan fingerprint density at radius 1 is 0.439 bits per heavy atom. The summed E-state index contributed by atoms with van der Waals surface area (Å²) < 4.78 is 0. The largest absolute Gasteiger partial charge is 0.339 e. The molecule has 0 bridgehead atoms. The smallest absolute Gasteiger partial charge is 0.254 e. The van der Waals surface area contributed by atoms with E-state index in [1.807, 2.05) is 11.0 Å². The lowest BCUT2D eigenvalue weighted by Gasteiger charge is -2.26. The van der Waals surface area contributed by atoms with Crippen LogP contribution in [0.1, 0.15) is 23.2 Å². The van der Waals surface area contributed by atoms with Crippen molar-refractivity contribution in [2.24, 2.45) is 0 Å². The second-order valence-electron chi connectivity index (χ2n) is 10.7. The van der Waals surface area contributed by atoms with E-state index in [4.69, 9.17) is 0 Å². The number of amides is 1. The van der Waals surface area contributed by atoms with Gasteiger partial charge in [-0.05, 0) is 68.8 Å². The van der Waals surface area contributed by atoms with Gasteiger partial charge in [-0.1, -0.05) is 133 Å². The number of benzene rings is 6. The summed E-state index contributed by atoms with van der Waals surface area (Å²) in [6.45, 7) is 1.63. The van der Waals surface area contributed by atoms with E-state index in [-0.39, 0.29) is 5.91 Å². The summed E-state index contributed by atoms with van der Waals surface area (Å²) in [5.74, 6) is 0.121. The molecule has 1 saturated heterocycles. The number of hydrogen-bond acceptors (Lipinski definition) is 1. The van der Waals surface area contributed by atoms with Crippen molar-refractivity contribution in [2.75, 3.05) is 13.1 Å². The van der Waals surface area contributed by atoms with E-state index in [0.717, 1.165) is 81.2 Å². The Morgan fingerprint density at radius 3 is 1.34 bits per heavy atom. The number of nitrogens with zero attached hydrogens (tertiary/aromatic N) is 1. The Labute approximate surface area is 241 Å². The van der Waals surface area contributed by atoms with Crippen LogP contribution in [0.4, 0.5) is 0 Å². The van der Waals surface area contributed by atoms with Crippen LogP contribution in [-0.2, 0) is 0 Å². The van der Waals surface area contributed by atoms with E-state index >= 15 is 0 Å². The third-order valence-corrected chi connectivity index (χ3v) is 8.21. The zero-order valence-corrected chi connectivity index (χ0v) is 23.0. The van der Waals surface area contributed by atoms with Crippen LogP contribution in [-0.4, -0.2) is 23.9 Å². The standard InChI is InChI=1S/C39H31NO/c41-39(40-26-13-14-27-40)33-25-15-24-32-34(28-16-5-1-6-17-28)35(29-18-7-2-8-19-29)36(30-20-9-3-10-21-30)37(38(32)33)31-22-11-4-12-23-31/h1-12,15-25H,13-14,26-27H2. The Bertz CT molecular complexity index is 1820. The summed E-state index contributed by atoms with van der Waals surface area (Å²) >= 11 is 0. The molecular weight excluding hydrogens is 498 g/mol. The first-order chi connectivity index (χ1) is 20.3. The van der Waals surface area contributed by atoms with Gasteiger partial charge in [0.15, 0.2) is 0 Å². The van der Waals surface area contributed by atoms with Gasteiger partial charge in [-0.15, -0.1) is 0 Å². The highest BCUT2D eigenvalue weighted by Crippen LogP contribution is 2.51. The fourth-order valence-corrected chi connectivity index (χ4v) is 6.39. The minimum atomic E-state index is 0.121. The fraction of sp³-hybridized carbons (Fsp3) is 0.103. The van der Waals surface area contributed by atoms with Crippen molar-refractivity contribution in [3.05, 3.63) is 145 Å². The molecule has 0 aromatic heterocycles. The number of carbonyl (C=O) groups excluding carboxylic acids is 1. The molecule has 1 amide bonds. The highest BCUT2D eigenvalue weighted by atomic mass is 16.2. The van der Waals surface area contributed by atoms with Crippen LogP contribution in [0.15, 0.2) is 140 Å². The minimum absolute atomic E-state index is 0.121. The summed E-state index contributed by atoms with van der Waals surface area (Å²) in [4.78, 5) is 16.2. The average molecular weight is 530 g/mol. The second-order valence-corrected chi connectivity index (χ2v) is 10.7. The van der Waals surface area contributed by atoms with Gasteiger partial charge in [0.25, 0.3) is 5.91 Å². The Kier molecular flexibility index (Phi) is 6.66. The van der Waals surface area contributed by atoms with Crippen LogP contribution in [0.25, 0.3) is 55.3 Å². The molecule has 2 nitrogen and oxygen atoms in total. The molecule has 1 fully saturated rings. The van der Waals surface area contributed by atoms with Crippen LogP contribution in [0.2, 0.25) is 0 Å². The van der Waals surface area contributed by atoms with Crippen LogP contribution in [0.3, 0.4) is 0 Å². The van der Waals surface area contributed by atoms with Crippen molar-refractivity contribution in [1.29, 1.82) is 0 Å². The maximum Gasteiger partial charge on any atom is 0.254 e. The molecule has 2 heteroatoms. The molecule has 1 aliphatic heterocycles. The zero-order chi connectivity index (χ0) is 27.6. The van der Waals surface area contributed by atoms with E-state index in [0.29, 0.717) is 0 Å². The number of fused-ring (bicyclic) bond motifs is 1. The molecule has 0 atom stereocenters. The monoisotopic (exact) mass is 529 g/mol. The summed E-state index contributed by atoms with van der Waals surface area (Å²) in [7, 11) is 0. The first-order valence-electron chi connectivity index (χ1n) is 14.4. The Morgan fingerprint density at radius 2 is 0.854 bits per heavy atom. The van der Waals surface area contributed by atoms with E-state index in [1.165, 1.54) is 5.56 Å². The summed E-state index contributed by atoms with van der Waals surface area (Å²) in [6.07, 6.45) is 2.12. The van der Waals surface area contributed by atoms with Crippen molar-refractivity contribution in [2.45, 2.75) is 12.8 Å². The average Bonchev–Trinajstić information content (AvgIpc) is 3.60. The number of rotatable bonds is 5. The maximum atomic E-state index is 14.2. The predicted octanol–water partition coefficient (Wildman–Crippen LogP) is 9.74. The van der Waals surface area contributed by atoms with Gasteiger partial charge in [0.2, 0.25) is 0 Å². The first kappa shape index (κ1) is 25.0. The lowest BCUT2D eigenvalue weighted by atomic mass is 9.78. The molecular formula is C39H31NO. The van der Waals surface area contributed by atoms with E-state index < -0.39 is 0 Å². The molecule has 0 unspecified atom stereocenters. The molecule has 0 saturated carbocycles. The molecule has 0 aliphatic carbocycles. The van der Waals surface area contributed by atoms with Gasteiger partial charge in [0, 0.05) is 24.0 Å². The van der Waals surface area contributed by atoms with Crippen LogP contribution >= 0.6 is 0 Å². The van der Waals surface area contributed by atoms with Crippen LogP contribution in [0, 0.1) is 0 Å². The molecule has 1 aliphatic rings. The minimum Gasteiger partial charge on any atom is -0.339 e. The van der Waals surface area contributed by atoms with Gasteiger partial charge in [0.1, 0.15) is 0 Å². The predicted molar refractivity (Wildman–Crippen MR) is 171 cm³/mol. The Balaban J connectivity index is 1.73. The van der Waals surface area contributed by atoms with Gasteiger partial charge in [-0.2, -0.15) is 0 Å².